The van der Waals surface area contributed by atoms with Crippen molar-refractivity contribution in [2.75, 3.05) is 23.7 Å². The van der Waals surface area contributed by atoms with Crippen molar-refractivity contribution >= 4 is 62.3 Å². The lowest BCUT2D eigenvalue weighted by Gasteiger charge is -2.31. The van der Waals surface area contributed by atoms with E-state index in [1.165, 1.54) is 23.1 Å². The van der Waals surface area contributed by atoms with Gasteiger partial charge in [0.25, 0.3) is 0 Å². The van der Waals surface area contributed by atoms with Crippen LogP contribution in [0.25, 0.3) is 0 Å². The van der Waals surface area contributed by atoms with Crippen molar-refractivity contribution in [3.8, 4) is 0 Å². The predicted molar refractivity (Wildman–Crippen MR) is 129 cm³/mol. The third-order valence-electron chi connectivity index (χ3n) is 4.63. The number of nitrogens with zero attached hydrogens (tertiary/aromatic N) is 2. The number of benzene rings is 2. The van der Waals surface area contributed by atoms with E-state index in [0.717, 1.165) is 10.6 Å². The number of sulfonamides is 1. The Hall–Kier alpha value is -2.00. The number of likely N-dealkylation sites (N-methyl/N-ethyl adjacent to an activating group) is 1. The zero-order valence-electron chi connectivity index (χ0n) is 17.8. The summed E-state index contributed by atoms with van der Waals surface area (Å²) < 4.78 is 25.9. The minimum Gasteiger partial charge on any atom is -0.355 e. The quantitative estimate of drug-likeness (QED) is 0.542. The van der Waals surface area contributed by atoms with Gasteiger partial charge in [0.2, 0.25) is 21.8 Å². The second-order valence-corrected chi connectivity index (χ2v) is 10.2. The van der Waals surface area contributed by atoms with Crippen molar-refractivity contribution in [1.82, 2.24) is 10.2 Å². The van der Waals surface area contributed by atoms with Crippen molar-refractivity contribution in [1.29, 1.82) is 0 Å². The van der Waals surface area contributed by atoms with Gasteiger partial charge in [-0.1, -0.05) is 46.9 Å². The summed E-state index contributed by atoms with van der Waals surface area (Å²) in [6, 6.07) is 10.3. The number of carbonyl (C=O) groups is 2. The van der Waals surface area contributed by atoms with E-state index in [2.05, 4.69) is 5.32 Å². The highest BCUT2D eigenvalue weighted by Gasteiger charge is 2.30. The Kier molecular flexibility index (Phi) is 9.21. The molecule has 0 saturated carbocycles. The van der Waals surface area contributed by atoms with Crippen LogP contribution >= 0.6 is 34.8 Å². The lowest BCUT2D eigenvalue weighted by Crippen LogP contribution is -2.51. The van der Waals surface area contributed by atoms with Gasteiger partial charge in [-0.2, -0.15) is 0 Å². The zero-order valence-corrected chi connectivity index (χ0v) is 20.9. The van der Waals surface area contributed by atoms with Gasteiger partial charge in [-0.05, 0) is 49.7 Å². The molecular formula is C21H24Cl3N3O4S. The fourth-order valence-corrected chi connectivity index (χ4v) is 4.34. The van der Waals surface area contributed by atoms with E-state index in [1.807, 2.05) is 0 Å². The minimum atomic E-state index is -3.85. The monoisotopic (exact) mass is 519 g/mol. The lowest BCUT2D eigenvalue weighted by atomic mass is 10.1. The summed E-state index contributed by atoms with van der Waals surface area (Å²) >= 11 is 18.0. The van der Waals surface area contributed by atoms with Crippen LogP contribution in [0, 0.1) is 0 Å². The number of hydrogen-bond acceptors (Lipinski definition) is 4. The van der Waals surface area contributed by atoms with Crippen LogP contribution in [0.4, 0.5) is 5.69 Å². The van der Waals surface area contributed by atoms with Gasteiger partial charge in [0.1, 0.15) is 12.6 Å². The smallest absolute Gasteiger partial charge is 0.244 e. The third kappa shape index (κ3) is 7.00. The second kappa shape index (κ2) is 11.2. The summed E-state index contributed by atoms with van der Waals surface area (Å²) in [5.74, 6) is -0.927. The van der Waals surface area contributed by atoms with E-state index in [0.29, 0.717) is 17.1 Å². The average Bonchev–Trinajstić information content (AvgIpc) is 2.71. The Morgan fingerprint density at radius 3 is 2.31 bits per heavy atom. The molecular weight excluding hydrogens is 497 g/mol. The predicted octanol–water partition coefficient (Wildman–Crippen LogP) is 3.97. The van der Waals surface area contributed by atoms with Crippen LogP contribution in [0.3, 0.4) is 0 Å². The van der Waals surface area contributed by atoms with Gasteiger partial charge >= 0.3 is 0 Å². The van der Waals surface area contributed by atoms with Crippen LogP contribution in [0.2, 0.25) is 15.1 Å². The van der Waals surface area contributed by atoms with Crippen molar-refractivity contribution in [2.45, 2.75) is 26.4 Å². The lowest BCUT2D eigenvalue weighted by molar-refractivity contribution is -0.139. The number of hydrogen-bond donors (Lipinski definition) is 1. The number of halogens is 3. The standard InChI is InChI=1S/C21H24Cl3N3O4S/c1-4-25-21(29)14(2)26(12-15-6-5-7-16(22)10-15)20(28)13-27(32(3,30)31)17-8-9-18(23)19(24)11-17/h5-11,14H,4,12-13H2,1-3H3,(H,25,29)/t14-/m0/s1. The maximum absolute atomic E-state index is 13.3. The molecule has 0 unspecified atom stereocenters. The molecule has 7 nitrogen and oxygen atoms in total. The molecule has 32 heavy (non-hydrogen) atoms. The van der Waals surface area contributed by atoms with Crippen LogP contribution in [-0.4, -0.2) is 50.5 Å². The van der Waals surface area contributed by atoms with Crippen LogP contribution in [0.1, 0.15) is 19.4 Å². The molecule has 0 aromatic heterocycles. The first-order valence-electron chi connectivity index (χ1n) is 9.68. The minimum absolute atomic E-state index is 0.0661. The van der Waals surface area contributed by atoms with Crippen LogP contribution < -0.4 is 9.62 Å². The Bertz CT molecular complexity index is 1100. The highest BCUT2D eigenvalue weighted by molar-refractivity contribution is 7.92. The summed E-state index contributed by atoms with van der Waals surface area (Å²) in [5.41, 5.74) is 0.881. The Morgan fingerprint density at radius 2 is 1.75 bits per heavy atom. The van der Waals surface area contributed by atoms with E-state index < -0.39 is 28.5 Å². The molecule has 0 heterocycles. The van der Waals surface area contributed by atoms with E-state index in [1.54, 1.807) is 38.1 Å². The summed E-state index contributed by atoms with van der Waals surface area (Å²) in [5, 5.41) is 3.57. The number of carbonyl (C=O) groups excluding carboxylic acids is 2. The molecule has 11 heteroatoms. The number of rotatable bonds is 9. The topological polar surface area (TPSA) is 86.8 Å². The molecule has 0 spiro atoms. The van der Waals surface area contributed by atoms with Crippen LogP contribution in [-0.2, 0) is 26.2 Å². The molecule has 2 rings (SSSR count). The number of nitrogens with one attached hydrogen (secondary N) is 1. The molecule has 0 aliphatic carbocycles. The molecule has 0 fully saturated rings. The summed E-state index contributed by atoms with van der Waals surface area (Å²) in [4.78, 5) is 27.1. The maximum Gasteiger partial charge on any atom is 0.244 e. The van der Waals surface area contributed by atoms with Crippen molar-refractivity contribution in [3.05, 3.63) is 63.1 Å². The maximum atomic E-state index is 13.3. The molecule has 2 amide bonds. The normalized spacial score (nSPS) is 12.2. The van der Waals surface area contributed by atoms with Crippen LogP contribution in [0.5, 0.6) is 0 Å². The molecule has 0 bridgehead atoms. The Morgan fingerprint density at radius 1 is 1.06 bits per heavy atom. The van der Waals surface area contributed by atoms with Gasteiger partial charge in [0, 0.05) is 18.1 Å². The van der Waals surface area contributed by atoms with Gasteiger partial charge in [-0.3, -0.25) is 13.9 Å². The molecule has 2 aromatic rings. The highest BCUT2D eigenvalue weighted by atomic mass is 35.5. The van der Waals surface area contributed by atoms with Gasteiger partial charge in [0.05, 0.1) is 22.0 Å². The van der Waals surface area contributed by atoms with Crippen LogP contribution in [0.15, 0.2) is 42.5 Å². The fraction of sp³-hybridized carbons (Fsp3) is 0.333. The first-order chi connectivity index (χ1) is 14.9. The van der Waals surface area contributed by atoms with Crippen molar-refractivity contribution < 1.29 is 18.0 Å². The summed E-state index contributed by atoms with van der Waals surface area (Å²) in [7, 11) is -3.85. The number of anilines is 1. The Labute approximate surface area is 203 Å². The first kappa shape index (κ1) is 26.3. The van der Waals surface area contributed by atoms with Gasteiger partial charge < -0.3 is 10.2 Å². The van der Waals surface area contributed by atoms with Crippen molar-refractivity contribution in [3.63, 3.8) is 0 Å². The average molecular weight is 521 g/mol. The zero-order chi connectivity index (χ0) is 24.1. The molecule has 0 aliphatic rings. The summed E-state index contributed by atoms with van der Waals surface area (Å²) in [6.07, 6.45) is 0.983. The molecule has 174 valence electrons. The third-order valence-corrected chi connectivity index (χ3v) is 6.75. The van der Waals surface area contributed by atoms with E-state index >= 15 is 0 Å². The molecule has 1 atom stereocenters. The molecule has 0 aliphatic heterocycles. The molecule has 2 aromatic carbocycles. The number of amides is 2. The van der Waals surface area contributed by atoms with E-state index in [-0.39, 0.29) is 28.2 Å². The van der Waals surface area contributed by atoms with E-state index in [4.69, 9.17) is 34.8 Å². The van der Waals surface area contributed by atoms with Crippen molar-refractivity contribution in [2.24, 2.45) is 0 Å². The molecule has 0 radical (unpaired) electrons. The molecule has 1 N–H and O–H groups in total. The molecule has 0 saturated heterocycles. The summed E-state index contributed by atoms with van der Waals surface area (Å²) in [6.45, 7) is 3.28. The fourth-order valence-electron chi connectivity index (χ4n) is 2.99. The first-order valence-corrected chi connectivity index (χ1v) is 12.7. The second-order valence-electron chi connectivity index (χ2n) is 7.09. The van der Waals surface area contributed by atoms with E-state index in [9.17, 15) is 18.0 Å². The van der Waals surface area contributed by atoms with Gasteiger partial charge in [-0.25, -0.2) is 8.42 Å². The largest absolute Gasteiger partial charge is 0.355 e. The van der Waals surface area contributed by atoms with Gasteiger partial charge in [-0.15, -0.1) is 0 Å². The van der Waals surface area contributed by atoms with Gasteiger partial charge in [0.15, 0.2) is 0 Å². The highest BCUT2D eigenvalue weighted by Crippen LogP contribution is 2.28. The SMILES string of the molecule is CCNC(=O)[C@H](C)N(Cc1cccc(Cl)c1)C(=O)CN(c1ccc(Cl)c(Cl)c1)S(C)(=O)=O. The Balaban J connectivity index is 2.40.